The number of aliphatic carboxylic acids is 1. The molecule has 0 saturated heterocycles. The Labute approximate surface area is 115 Å². The van der Waals surface area contributed by atoms with E-state index in [1.165, 1.54) is 18.2 Å². The molecule has 0 bridgehead atoms. The Morgan fingerprint density at radius 3 is 2.47 bits per heavy atom. The zero-order chi connectivity index (χ0) is 13.0. The highest BCUT2D eigenvalue weighted by Crippen LogP contribution is 2.25. The minimum Gasteiger partial charge on any atom is -0.479 e. The zero-order valence-corrected chi connectivity index (χ0v) is 11.9. The maximum Gasteiger partial charge on any atom is 0.337 e. The van der Waals surface area contributed by atoms with E-state index in [2.05, 4.69) is 31.9 Å². The second-order valence-electron chi connectivity index (χ2n) is 3.34. The van der Waals surface area contributed by atoms with Gasteiger partial charge in [-0.15, -0.1) is 0 Å². The van der Waals surface area contributed by atoms with Gasteiger partial charge >= 0.3 is 5.97 Å². The molecule has 0 spiro atoms. The van der Waals surface area contributed by atoms with Crippen LogP contribution in [0.1, 0.15) is 28.4 Å². The van der Waals surface area contributed by atoms with E-state index in [9.17, 15) is 14.7 Å². The number of Topliss-reactive ketones (excluding diaryl/α,β-unsaturated/α-hetero) is 1. The van der Waals surface area contributed by atoms with Gasteiger partial charge in [-0.3, -0.25) is 4.79 Å². The van der Waals surface area contributed by atoms with Gasteiger partial charge in [0, 0.05) is 27.4 Å². The van der Waals surface area contributed by atoms with Crippen molar-refractivity contribution >= 4 is 43.6 Å². The van der Waals surface area contributed by atoms with Gasteiger partial charge in [-0.2, -0.15) is 0 Å². The molecule has 1 rings (SSSR count). The van der Waals surface area contributed by atoms with Crippen LogP contribution in [-0.2, 0) is 4.79 Å². The Morgan fingerprint density at radius 1 is 1.35 bits per heavy atom. The zero-order valence-electron chi connectivity index (χ0n) is 8.69. The predicted octanol–water partition coefficient (Wildman–Crippen LogP) is 2.53. The van der Waals surface area contributed by atoms with Gasteiger partial charge in [0.1, 0.15) is 0 Å². The number of carboxylic acid groups (broad SMARTS) is 1. The third-order valence-corrected chi connectivity index (χ3v) is 3.26. The van der Waals surface area contributed by atoms with Crippen LogP contribution in [0, 0.1) is 0 Å². The van der Waals surface area contributed by atoms with Crippen LogP contribution in [0.4, 0.5) is 0 Å². The highest BCUT2D eigenvalue weighted by atomic mass is 79.9. The van der Waals surface area contributed by atoms with Crippen molar-refractivity contribution in [1.29, 1.82) is 0 Å². The monoisotopic (exact) mass is 364 g/mol. The van der Waals surface area contributed by atoms with Crippen LogP contribution >= 0.6 is 31.9 Å². The number of alkyl halides is 1. The van der Waals surface area contributed by atoms with Gasteiger partial charge in [-0.1, -0.05) is 44.0 Å². The van der Waals surface area contributed by atoms with Crippen molar-refractivity contribution < 1.29 is 19.8 Å². The lowest BCUT2D eigenvalue weighted by atomic mass is 10.0. The smallest absolute Gasteiger partial charge is 0.337 e. The Kier molecular flexibility index (Phi) is 5.30. The molecule has 6 heteroatoms. The van der Waals surface area contributed by atoms with Gasteiger partial charge in [-0.05, 0) is 6.07 Å². The average Bonchev–Trinajstić information content (AvgIpc) is 2.28. The summed E-state index contributed by atoms with van der Waals surface area (Å²) < 4.78 is 0.410. The van der Waals surface area contributed by atoms with E-state index in [-0.39, 0.29) is 11.3 Å². The normalized spacial score (nSPS) is 12.2. The summed E-state index contributed by atoms with van der Waals surface area (Å²) in [6.07, 6.45) is -1.22. The number of hydrogen-bond acceptors (Lipinski definition) is 3. The van der Waals surface area contributed by atoms with Gasteiger partial charge < -0.3 is 10.2 Å². The summed E-state index contributed by atoms with van der Waals surface area (Å²) in [7, 11) is 0. The van der Waals surface area contributed by atoms with Crippen molar-refractivity contribution in [1.82, 2.24) is 0 Å². The molecular weight excluding hydrogens is 356 g/mol. The van der Waals surface area contributed by atoms with Crippen LogP contribution in [-0.4, -0.2) is 27.3 Å². The summed E-state index contributed by atoms with van der Waals surface area (Å²) in [6, 6.07) is 4.47. The number of carbonyl (C=O) groups excluding carboxylic acids is 1. The number of benzene rings is 1. The number of ketones is 1. The Morgan fingerprint density at radius 2 is 2.00 bits per heavy atom. The first kappa shape index (κ1) is 14.3. The number of aliphatic hydroxyl groups is 1. The molecule has 1 aromatic rings. The standard InChI is InChI=1S/C11H10Br2O4/c12-4-3-9(14)6-1-2-7(8(13)5-6)10(15)11(16)17/h1-2,5,10,15H,3-4H2,(H,16,17). The SMILES string of the molecule is O=C(CCBr)c1ccc(C(O)C(=O)O)c(Br)c1. The quantitative estimate of drug-likeness (QED) is 0.621. The molecule has 0 fully saturated rings. The fourth-order valence-electron chi connectivity index (χ4n) is 1.29. The minimum atomic E-state index is -1.59. The van der Waals surface area contributed by atoms with Gasteiger partial charge in [0.05, 0.1) is 0 Å². The van der Waals surface area contributed by atoms with Gasteiger partial charge in [-0.25, -0.2) is 4.79 Å². The molecule has 1 aromatic carbocycles. The Balaban J connectivity index is 3.01. The van der Waals surface area contributed by atoms with Crippen molar-refractivity contribution in [2.75, 3.05) is 5.33 Å². The fourth-order valence-corrected chi connectivity index (χ4v) is 2.24. The summed E-state index contributed by atoms with van der Waals surface area (Å²) >= 11 is 6.32. The lowest BCUT2D eigenvalue weighted by Crippen LogP contribution is -2.11. The Hall–Kier alpha value is -0.720. The van der Waals surface area contributed by atoms with Crippen LogP contribution in [0.2, 0.25) is 0 Å². The van der Waals surface area contributed by atoms with Crippen LogP contribution in [0.25, 0.3) is 0 Å². The predicted molar refractivity (Wildman–Crippen MR) is 69.5 cm³/mol. The second kappa shape index (κ2) is 6.28. The molecule has 0 aliphatic carbocycles. The maximum absolute atomic E-state index is 11.6. The van der Waals surface area contributed by atoms with E-state index < -0.39 is 12.1 Å². The number of rotatable bonds is 5. The first-order chi connectivity index (χ1) is 7.97. The molecule has 1 unspecified atom stereocenters. The van der Waals surface area contributed by atoms with Crippen molar-refractivity contribution in [3.63, 3.8) is 0 Å². The summed E-state index contributed by atoms with van der Waals surface area (Å²) in [6.45, 7) is 0. The van der Waals surface area contributed by atoms with E-state index in [0.717, 1.165) is 0 Å². The highest BCUT2D eigenvalue weighted by molar-refractivity contribution is 9.10. The lowest BCUT2D eigenvalue weighted by molar-refractivity contribution is -0.147. The van der Waals surface area contributed by atoms with Crippen molar-refractivity contribution in [2.45, 2.75) is 12.5 Å². The highest BCUT2D eigenvalue weighted by Gasteiger charge is 2.19. The van der Waals surface area contributed by atoms with Gasteiger partial charge in [0.2, 0.25) is 0 Å². The molecule has 0 heterocycles. The second-order valence-corrected chi connectivity index (χ2v) is 4.99. The number of halogens is 2. The maximum atomic E-state index is 11.6. The molecule has 0 aliphatic rings. The van der Waals surface area contributed by atoms with Gasteiger partial charge in [0.25, 0.3) is 0 Å². The average molecular weight is 366 g/mol. The molecule has 92 valence electrons. The van der Waals surface area contributed by atoms with E-state index in [1.54, 1.807) is 0 Å². The number of aliphatic hydroxyl groups excluding tert-OH is 1. The number of carboxylic acids is 1. The molecule has 0 aromatic heterocycles. The topological polar surface area (TPSA) is 74.6 Å². The molecule has 4 nitrogen and oxygen atoms in total. The van der Waals surface area contributed by atoms with E-state index in [4.69, 9.17) is 5.11 Å². The Bertz CT molecular complexity index is 445. The molecule has 2 N–H and O–H groups in total. The van der Waals surface area contributed by atoms with Crippen LogP contribution in [0.15, 0.2) is 22.7 Å². The van der Waals surface area contributed by atoms with Crippen molar-refractivity contribution in [2.24, 2.45) is 0 Å². The third kappa shape index (κ3) is 3.62. The van der Waals surface area contributed by atoms with Crippen LogP contribution in [0.3, 0.4) is 0 Å². The summed E-state index contributed by atoms with van der Waals surface area (Å²) in [5.74, 6) is -1.37. The van der Waals surface area contributed by atoms with E-state index in [1.807, 2.05) is 0 Å². The molecule has 0 amide bonds. The van der Waals surface area contributed by atoms with E-state index >= 15 is 0 Å². The van der Waals surface area contributed by atoms with Gasteiger partial charge in [0.15, 0.2) is 11.9 Å². The molecule has 17 heavy (non-hydrogen) atoms. The van der Waals surface area contributed by atoms with Crippen molar-refractivity contribution in [3.05, 3.63) is 33.8 Å². The van der Waals surface area contributed by atoms with Crippen molar-refractivity contribution in [3.8, 4) is 0 Å². The van der Waals surface area contributed by atoms with E-state index in [0.29, 0.717) is 21.8 Å². The largest absolute Gasteiger partial charge is 0.479 e. The molecule has 0 aliphatic heterocycles. The fraction of sp³-hybridized carbons (Fsp3) is 0.273. The minimum absolute atomic E-state index is 0.0426. The molecule has 0 saturated carbocycles. The molecular formula is C11H10Br2O4. The summed E-state index contributed by atoms with van der Waals surface area (Å²) in [5, 5.41) is 18.6. The van der Waals surface area contributed by atoms with Crippen LogP contribution in [0.5, 0.6) is 0 Å². The van der Waals surface area contributed by atoms with Crippen LogP contribution < -0.4 is 0 Å². The third-order valence-electron chi connectivity index (χ3n) is 2.17. The first-order valence-electron chi connectivity index (χ1n) is 4.77. The summed E-state index contributed by atoms with van der Waals surface area (Å²) in [5.41, 5.74) is 0.713. The molecule has 0 radical (unpaired) electrons. The summed E-state index contributed by atoms with van der Waals surface area (Å²) in [4.78, 5) is 22.2. The molecule has 1 atom stereocenters. The first-order valence-corrected chi connectivity index (χ1v) is 6.68. The number of hydrogen-bond donors (Lipinski definition) is 2. The lowest BCUT2D eigenvalue weighted by Gasteiger charge is -2.09. The number of carbonyl (C=O) groups is 2.